The van der Waals surface area contributed by atoms with E-state index in [1.807, 2.05) is 38.1 Å². The van der Waals surface area contributed by atoms with Crippen LogP contribution in [0.25, 0.3) is 28.1 Å². The largest absolute Gasteiger partial charge is 0.462 e. The highest BCUT2D eigenvalue weighted by Gasteiger charge is 2.14. The fourth-order valence-corrected chi connectivity index (χ4v) is 2.54. The van der Waals surface area contributed by atoms with E-state index in [0.717, 1.165) is 16.6 Å². The molecule has 0 spiro atoms. The van der Waals surface area contributed by atoms with Gasteiger partial charge in [-0.25, -0.2) is 14.8 Å². The van der Waals surface area contributed by atoms with Crippen LogP contribution in [0.1, 0.15) is 36.7 Å². The number of aromatic nitrogens is 2. The first-order valence-electron chi connectivity index (χ1n) is 7.61. The first-order chi connectivity index (χ1) is 11.1. The molecule has 0 saturated heterocycles. The minimum absolute atomic E-state index is 0.333. The molecule has 0 radical (unpaired) electrons. The van der Waals surface area contributed by atoms with Crippen LogP contribution in [-0.2, 0) is 4.74 Å². The van der Waals surface area contributed by atoms with E-state index in [0.29, 0.717) is 23.2 Å². The van der Waals surface area contributed by atoms with Crippen LogP contribution in [0, 0.1) is 0 Å². The van der Waals surface area contributed by atoms with Gasteiger partial charge in [0.25, 0.3) is 0 Å². The van der Waals surface area contributed by atoms with Gasteiger partial charge in [0.1, 0.15) is 5.52 Å². The number of benzene rings is 2. The second-order valence-corrected chi connectivity index (χ2v) is 5.55. The highest BCUT2D eigenvalue weighted by molar-refractivity contribution is 6.04. The van der Waals surface area contributed by atoms with Crippen LogP contribution in [-0.4, -0.2) is 22.5 Å². The molecule has 4 nitrogen and oxygen atoms in total. The Kier molecular flexibility index (Phi) is 4.06. The number of hydrogen-bond donors (Lipinski definition) is 0. The number of esters is 1. The Bertz CT molecular complexity index is 925. The van der Waals surface area contributed by atoms with Crippen LogP contribution in [0.3, 0.4) is 0 Å². The number of hydrogen-bond acceptors (Lipinski definition) is 4. The topological polar surface area (TPSA) is 52.1 Å². The summed E-state index contributed by atoms with van der Waals surface area (Å²) in [6.07, 6.45) is 2.07. The van der Waals surface area contributed by atoms with Gasteiger partial charge in [-0.05, 0) is 39.0 Å². The van der Waals surface area contributed by atoms with Crippen molar-refractivity contribution in [3.63, 3.8) is 0 Å². The summed E-state index contributed by atoms with van der Waals surface area (Å²) < 4.78 is 5.12. The van der Waals surface area contributed by atoms with Crippen molar-refractivity contribution in [3.8, 4) is 0 Å². The molecule has 0 fully saturated rings. The van der Waals surface area contributed by atoms with Gasteiger partial charge in [0.2, 0.25) is 0 Å². The van der Waals surface area contributed by atoms with Crippen molar-refractivity contribution in [2.45, 2.75) is 20.8 Å². The summed E-state index contributed by atoms with van der Waals surface area (Å²) in [7, 11) is 0. The molecule has 2 aromatic carbocycles. The van der Waals surface area contributed by atoms with E-state index in [2.05, 4.69) is 11.1 Å². The highest BCUT2D eigenvalue weighted by atomic mass is 16.5. The van der Waals surface area contributed by atoms with E-state index in [-0.39, 0.29) is 5.97 Å². The quantitative estimate of drug-likeness (QED) is 0.532. The maximum atomic E-state index is 12.2. The number of allylic oxidation sites excluding steroid dienone is 1. The SMILES string of the molecule is CCOC(=O)c1cccc2nc3cccc(C=C(C)C)c3nc12. The Hall–Kier alpha value is -2.75. The van der Waals surface area contributed by atoms with Crippen molar-refractivity contribution in [1.82, 2.24) is 9.97 Å². The molecule has 3 aromatic rings. The molecule has 1 heterocycles. The van der Waals surface area contributed by atoms with Gasteiger partial charge < -0.3 is 4.74 Å². The molecule has 116 valence electrons. The molecule has 3 rings (SSSR count). The van der Waals surface area contributed by atoms with Crippen LogP contribution in [0.15, 0.2) is 42.0 Å². The fraction of sp³-hybridized carbons (Fsp3) is 0.211. The van der Waals surface area contributed by atoms with Crippen molar-refractivity contribution >= 4 is 34.1 Å². The Labute approximate surface area is 134 Å². The fourth-order valence-electron chi connectivity index (χ4n) is 2.54. The first kappa shape index (κ1) is 15.2. The second kappa shape index (κ2) is 6.16. The Balaban J connectivity index is 2.32. The molecule has 0 bridgehead atoms. The Morgan fingerprint density at radius 1 is 1.04 bits per heavy atom. The van der Waals surface area contributed by atoms with Crippen molar-refractivity contribution in [2.24, 2.45) is 0 Å². The lowest BCUT2D eigenvalue weighted by Gasteiger charge is -2.08. The molecular formula is C19H18N2O2. The standard InChI is InChI=1S/C19H18N2O2/c1-4-23-19(22)14-8-6-10-16-18(14)21-17-13(11-12(2)3)7-5-9-15(17)20-16/h5-11H,4H2,1-3H3. The molecule has 0 atom stereocenters. The van der Waals surface area contributed by atoms with Gasteiger partial charge in [0.05, 0.1) is 28.7 Å². The first-order valence-corrected chi connectivity index (χ1v) is 7.61. The normalized spacial score (nSPS) is 10.7. The summed E-state index contributed by atoms with van der Waals surface area (Å²) in [5.41, 5.74) is 5.50. The maximum absolute atomic E-state index is 12.2. The van der Waals surface area contributed by atoms with Gasteiger partial charge in [-0.2, -0.15) is 0 Å². The van der Waals surface area contributed by atoms with Crippen molar-refractivity contribution in [3.05, 3.63) is 53.1 Å². The van der Waals surface area contributed by atoms with Gasteiger partial charge in [0, 0.05) is 5.56 Å². The van der Waals surface area contributed by atoms with E-state index >= 15 is 0 Å². The number of para-hydroxylation sites is 2. The summed E-state index contributed by atoms with van der Waals surface area (Å²) in [6.45, 7) is 6.20. The van der Waals surface area contributed by atoms with Crippen LogP contribution in [0.2, 0.25) is 0 Å². The van der Waals surface area contributed by atoms with Gasteiger partial charge in [-0.15, -0.1) is 0 Å². The molecule has 0 amide bonds. The minimum atomic E-state index is -0.369. The Morgan fingerprint density at radius 2 is 1.74 bits per heavy atom. The lowest BCUT2D eigenvalue weighted by molar-refractivity contribution is 0.0528. The molecule has 4 heteroatoms. The molecule has 0 aliphatic heterocycles. The molecule has 0 aliphatic carbocycles. The third-order valence-electron chi connectivity index (χ3n) is 3.46. The second-order valence-electron chi connectivity index (χ2n) is 5.55. The minimum Gasteiger partial charge on any atom is -0.462 e. The van der Waals surface area contributed by atoms with Crippen molar-refractivity contribution in [1.29, 1.82) is 0 Å². The predicted molar refractivity (Wildman–Crippen MR) is 92.3 cm³/mol. The van der Waals surface area contributed by atoms with E-state index < -0.39 is 0 Å². The van der Waals surface area contributed by atoms with E-state index in [1.54, 1.807) is 19.1 Å². The van der Waals surface area contributed by atoms with Crippen molar-refractivity contribution < 1.29 is 9.53 Å². The number of nitrogens with zero attached hydrogens (tertiary/aromatic N) is 2. The zero-order valence-electron chi connectivity index (χ0n) is 13.5. The summed E-state index contributed by atoms with van der Waals surface area (Å²) in [6, 6.07) is 11.3. The molecule has 23 heavy (non-hydrogen) atoms. The summed E-state index contributed by atoms with van der Waals surface area (Å²) in [5, 5.41) is 0. The monoisotopic (exact) mass is 306 g/mol. The summed E-state index contributed by atoms with van der Waals surface area (Å²) in [5.74, 6) is -0.369. The van der Waals surface area contributed by atoms with Crippen molar-refractivity contribution in [2.75, 3.05) is 6.61 Å². The van der Waals surface area contributed by atoms with E-state index in [9.17, 15) is 4.79 Å². The molecular weight excluding hydrogens is 288 g/mol. The number of rotatable bonds is 3. The highest BCUT2D eigenvalue weighted by Crippen LogP contribution is 2.23. The van der Waals surface area contributed by atoms with Crippen LogP contribution in [0.5, 0.6) is 0 Å². The lowest BCUT2D eigenvalue weighted by Crippen LogP contribution is -2.06. The number of fused-ring (bicyclic) bond motifs is 2. The van der Waals surface area contributed by atoms with E-state index in [4.69, 9.17) is 9.72 Å². The lowest BCUT2D eigenvalue weighted by atomic mass is 10.1. The maximum Gasteiger partial charge on any atom is 0.340 e. The van der Waals surface area contributed by atoms with Crippen LogP contribution >= 0.6 is 0 Å². The number of ether oxygens (including phenoxy) is 1. The van der Waals surface area contributed by atoms with E-state index in [1.165, 1.54) is 5.57 Å². The zero-order chi connectivity index (χ0) is 16.4. The smallest absolute Gasteiger partial charge is 0.340 e. The molecule has 0 unspecified atom stereocenters. The molecule has 0 aliphatic rings. The average molecular weight is 306 g/mol. The zero-order valence-corrected chi connectivity index (χ0v) is 13.5. The molecule has 1 aromatic heterocycles. The third-order valence-corrected chi connectivity index (χ3v) is 3.46. The van der Waals surface area contributed by atoms with Crippen LogP contribution < -0.4 is 0 Å². The number of carbonyl (C=O) groups is 1. The summed E-state index contributed by atoms with van der Waals surface area (Å²) >= 11 is 0. The van der Waals surface area contributed by atoms with Gasteiger partial charge >= 0.3 is 5.97 Å². The average Bonchev–Trinajstić information content (AvgIpc) is 2.52. The number of carbonyl (C=O) groups excluding carboxylic acids is 1. The molecule has 0 N–H and O–H groups in total. The van der Waals surface area contributed by atoms with Gasteiger partial charge in [-0.3, -0.25) is 0 Å². The van der Waals surface area contributed by atoms with Gasteiger partial charge in [0.15, 0.2) is 0 Å². The van der Waals surface area contributed by atoms with Gasteiger partial charge in [-0.1, -0.05) is 29.8 Å². The summed E-state index contributed by atoms with van der Waals surface area (Å²) in [4.78, 5) is 21.5. The Morgan fingerprint density at radius 3 is 2.43 bits per heavy atom. The molecule has 0 saturated carbocycles. The third kappa shape index (κ3) is 2.93. The predicted octanol–water partition coefficient (Wildman–Crippen LogP) is 4.38. The van der Waals surface area contributed by atoms with Crippen LogP contribution in [0.4, 0.5) is 0 Å².